The van der Waals surface area contributed by atoms with Crippen LogP contribution in [0.4, 0.5) is 13.2 Å². The first kappa shape index (κ1) is 24.0. The van der Waals surface area contributed by atoms with Crippen LogP contribution in [0.15, 0.2) is 15.8 Å². The van der Waals surface area contributed by atoms with Crippen molar-refractivity contribution in [2.24, 2.45) is 0 Å². The molecular weight excluding hydrogens is 435 g/mol. The summed E-state index contributed by atoms with van der Waals surface area (Å²) >= 11 is 0. The third-order valence-electron chi connectivity index (χ3n) is 5.58. The van der Waals surface area contributed by atoms with Crippen LogP contribution in [0.1, 0.15) is 38.0 Å². The Morgan fingerprint density at radius 1 is 1.41 bits per heavy atom. The summed E-state index contributed by atoms with van der Waals surface area (Å²) in [5, 5.41) is 0. The smallest absolute Gasteiger partial charge is 0.423 e. The summed E-state index contributed by atoms with van der Waals surface area (Å²) in [5.41, 5.74) is -4.14. The molecular formula is C20H24F3N3O6. The van der Waals surface area contributed by atoms with Crippen LogP contribution in [0.2, 0.25) is 0 Å². The van der Waals surface area contributed by atoms with E-state index in [-0.39, 0.29) is 25.7 Å². The third-order valence-corrected chi connectivity index (χ3v) is 5.58. The molecule has 0 radical (unpaired) electrons. The molecule has 4 atom stereocenters. The number of H-pyrrole nitrogens is 1. The van der Waals surface area contributed by atoms with Gasteiger partial charge in [0.15, 0.2) is 0 Å². The maximum absolute atomic E-state index is 13.1. The first-order chi connectivity index (χ1) is 15.2. The fraction of sp³-hybridized carbons (Fsp3) is 0.650. The zero-order valence-electron chi connectivity index (χ0n) is 17.4. The number of halogens is 3. The number of aromatic amines is 1. The second kappa shape index (κ2) is 9.89. The summed E-state index contributed by atoms with van der Waals surface area (Å²) in [6.07, 6.45) is -0.580. The standard InChI is InChI=1S/C20H24F3N3O6/c1-3-8-30-14-9-16(26-10-12(20(21,22)23)17(27)24-19(26)29)32-15(14)11-31-18(28)13-6-5-7-25(13)4-2/h1,10,13-16H,4-9,11H2,2H3,(H,24,27,29)/t13-,14-,15+,16+/m0/s1. The molecule has 2 fully saturated rings. The van der Waals surface area contributed by atoms with Crippen LogP contribution < -0.4 is 11.2 Å². The van der Waals surface area contributed by atoms with E-state index in [2.05, 4.69) is 5.92 Å². The van der Waals surface area contributed by atoms with Gasteiger partial charge >= 0.3 is 17.8 Å². The van der Waals surface area contributed by atoms with Crippen LogP contribution in [-0.2, 0) is 25.2 Å². The van der Waals surface area contributed by atoms with E-state index in [0.717, 1.165) is 13.0 Å². The van der Waals surface area contributed by atoms with E-state index in [1.54, 1.807) is 4.98 Å². The summed E-state index contributed by atoms with van der Waals surface area (Å²) in [6, 6.07) is -0.363. The Morgan fingerprint density at radius 2 is 2.16 bits per heavy atom. The third kappa shape index (κ3) is 5.23. The highest BCUT2D eigenvalue weighted by Crippen LogP contribution is 2.32. The van der Waals surface area contributed by atoms with E-state index in [4.69, 9.17) is 20.6 Å². The topological polar surface area (TPSA) is 103 Å². The number of hydrogen-bond donors (Lipinski definition) is 1. The minimum absolute atomic E-state index is 0.0301. The molecule has 12 heteroatoms. The second-order valence-corrected chi connectivity index (χ2v) is 7.54. The molecule has 2 aliphatic rings. The van der Waals surface area contributed by atoms with E-state index < -0.39 is 47.4 Å². The highest BCUT2D eigenvalue weighted by molar-refractivity contribution is 5.76. The maximum atomic E-state index is 13.1. The minimum Gasteiger partial charge on any atom is -0.462 e. The molecule has 0 spiro atoms. The van der Waals surface area contributed by atoms with E-state index in [1.807, 2.05) is 11.8 Å². The molecule has 0 unspecified atom stereocenters. The number of likely N-dealkylation sites (N-methyl/N-ethyl adjacent to an activating group) is 1. The monoisotopic (exact) mass is 459 g/mol. The first-order valence-corrected chi connectivity index (χ1v) is 10.2. The van der Waals surface area contributed by atoms with Crippen molar-refractivity contribution in [1.29, 1.82) is 0 Å². The molecule has 2 saturated heterocycles. The van der Waals surface area contributed by atoms with E-state index in [9.17, 15) is 27.6 Å². The molecule has 0 amide bonds. The number of ether oxygens (including phenoxy) is 3. The molecule has 0 saturated carbocycles. The normalized spacial score (nSPS) is 26.2. The molecule has 2 aliphatic heterocycles. The predicted octanol–water partition coefficient (Wildman–Crippen LogP) is 0.889. The summed E-state index contributed by atoms with van der Waals surface area (Å²) in [5.74, 6) is 1.86. The van der Waals surface area contributed by atoms with E-state index >= 15 is 0 Å². The van der Waals surface area contributed by atoms with Gasteiger partial charge in [0.1, 0.15) is 37.2 Å². The molecule has 176 valence electrons. The number of alkyl halides is 3. The van der Waals surface area contributed by atoms with Crippen molar-refractivity contribution in [3.63, 3.8) is 0 Å². The molecule has 0 bridgehead atoms. The first-order valence-electron chi connectivity index (χ1n) is 10.2. The van der Waals surface area contributed by atoms with Crippen molar-refractivity contribution >= 4 is 5.97 Å². The zero-order valence-corrected chi connectivity index (χ0v) is 17.4. The van der Waals surface area contributed by atoms with E-state index in [1.165, 1.54) is 0 Å². The number of rotatable bonds is 7. The number of esters is 1. The minimum atomic E-state index is -4.96. The number of carbonyl (C=O) groups excluding carboxylic acids is 1. The molecule has 3 rings (SSSR count). The van der Waals surface area contributed by atoms with Gasteiger partial charge in [-0.05, 0) is 25.9 Å². The van der Waals surface area contributed by atoms with Crippen LogP contribution in [0, 0.1) is 12.3 Å². The molecule has 1 aromatic heterocycles. The van der Waals surface area contributed by atoms with E-state index in [0.29, 0.717) is 23.7 Å². The lowest BCUT2D eigenvalue weighted by molar-refractivity contribution is -0.156. The number of likely N-dealkylation sites (tertiary alicyclic amines) is 1. The van der Waals surface area contributed by atoms with Gasteiger partial charge in [0, 0.05) is 12.6 Å². The Labute approximate surface area is 181 Å². The molecule has 0 aliphatic carbocycles. The Bertz CT molecular complexity index is 983. The van der Waals surface area contributed by atoms with Crippen molar-refractivity contribution in [2.75, 3.05) is 26.3 Å². The van der Waals surface area contributed by atoms with Crippen molar-refractivity contribution in [2.45, 2.75) is 56.8 Å². The molecule has 1 aromatic rings. The summed E-state index contributed by atoms with van der Waals surface area (Å²) in [7, 11) is 0. The highest BCUT2D eigenvalue weighted by atomic mass is 19.4. The van der Waals surface area contributed by atoms with Crippen LogP contribution in [0.5, 0.6) is 0 Å². The highest BCUT2D eigenvalue weighted by Gasteiger charge is 2.41. The summed E-state index contributed by atoms with van der Waals surface area (Å²) < 4.78 is 56.6. The SMILES string of the molecule is C#CCO[C@H]1C[C@H](n2cc(C(F)(F)F)c(=O)[nH]c2=O)O[C@@H]1COC(=O)[C@@H]1CCCN1CC. The van der Waals surface area contributed by atoms with Gasteiger partial charge in [0.25, 0.3) is 5.56 Å². The van der Waals surface area contributed by atoms with Gasteiger partial charge in [0.2, 0.25) is 0 Å². The molecule has 32 heavy (non-hydrogen) atoms. The van der Waals surface area contributed by atoms with Gasteiger partial charge in [-0.2, -0.15) is 13.2 Å². The lowest BCUT2D eigenvalue weighted by atomic mass is 10.2. The average molecular weight is 459 g/mol. The quantitative estimate of drug-likeness (QED) is 0.477. The van der Waals surface area contributed by atoms with Crippen molar-refractivity contribution in [3.05, 3.63) is 32.6 Å². The fourth-order valence-corrected chi connectivity index (χ4v) is 3.98. The average Bonchev–Trinajstić information content (AvgIpc) is 3.36. The Hall–Kier alpha value is -2.62. The summed E-state index contributed by atoms with van der Waals surface area (Å²) in [4.78, 5) is 39.8. The number of hydrogen-bond acceptors (Lipinski definition) is 7. The van der Waals surface area contributed by atoms with Crippen LogP contribution >= 0.6 is 0 Å². The molecule has 9 nitrogen and oxygen atoms in total. The Balaban J connectivity index is 1.76. The molecule has 3 heterocycles. The van der Waals surface area contributed by atoms with Gasteiger partial charge in [-0.1, -0.05) is 12.8 Å². The van der Waals surface area contributed by atoms with Crippen LogP contribution in [-0.4, -0.2) is 65.0 Å². The summed E-state index contributed by atoms with van der Waals surface area (Å²) in [6.45, 7) is 3.11. The Kier molecular flexibility index (Phi) is 7.43. The van der Waals surface area contributed by atoms with Gasteiger partial charge in [-0.3, -0.25) is 24.0 Å². The number of nitrogens with zero attached hydrogens (tertiary/aromatic N) is 2. The lowest BCUT2D eigenvalue weighted by Crippen LogP contribution is -2.39. The number of terminal acetylenes is 1. The van der Waals surface area contributed by atoms with Crippen LogP contribution in [0.3, 0.4) is 0 Å². The molecule has 0 aromatic carbocycles. The van der Waals surface area contributed by atoms with Gasteiger partial charge in [0.05, 0.1) is 6.10 Å². The van der Waals surface area contributed by atoms with Gasteiger partial charge in [-0.25, -0.2) is 4.79 Å². The second-order valence-electron chi connectivity index (χ2n) is 7.54. The maximum Gasteiger partial charge on any atom is 0.423 e. The van der Waals surface area contributed by atoms with Crippen LogP contribution in [0.25, 0.3) is 0 Å². The fourth-order valence-electron chi connectivity index (χ4n) is 3.98. The van der Waals surface area contributed by atoms with Crippen molar-refractivity contribution in [3.8, 4) is 12.3 Å². The van der Waals surface area contributed by atoms with Gasteiger partial charge in [-0.15, -0.1) is 6.42 Å². The number of nitrogens with one attached hydrogen (secondary N) is 1. The van der Waals surface area contributed by atoms with Gasteiger partial charge < -0.3 is 14.2 Å². The van der Waals surface area contributed by atoms with Crippen molar-refractivity contribution in [1.82, 2.24) is 14.5 Å². The Morgan fingerprint density at radius 3 is 2.81 bits per heavy atom. The molecule has 1 N–H and O–H groups in total. The predicted molar refractivity (Wildman–Crippen MR) is 105 cm³/mol. The van der Waals surface area contributed by atoms with Crippen molar-refractivity contribution < 1.29 is 32.2 Å². The zero-order chi connectivity index (χ0) is 23.5. The lowest BCUT2D eigenvalue weighted by Gasteiger charge is -2.23. The number of aromatic nitrogens is 2. The number of carbonyl (C=O) groups is 1. The largest absolute Gasteiger partial charge is 0.462 e.